The van der Waals surface area contributed by atoms with E-state index in [2.05, 4.69) is 28.8 Å². The lowest BCUT2D eigenvalue weighted by atomic mass is 9.85. The van der Waals surface area contributed by atoms with Gasteiger partial charge in [-0.2, -0.15) is 0 Å². The summed E-state index contributed by atoms with van der Waals surface area (Å²) in [5.74, 6) is 1.72. The number of nitrogens with zero attached hydrogens (tertiary/aromatic N) is 1. The van der Waals surface area contributed by atoms with E-state index in [0.29, 0.717) is 6.04 Å². The lowest BCUT2D eigenvalue weighted by molar-refractivity contribution is 0.0224. The first-order valence-electron chi connectivity index (χ1n) is 8.18. The van der Waals surface area contributed by atoms with Crippen molar-refractivity contribution in [1.29, 1.82) is 0 Å². The van der Waals surface area contributed by atoms with E-state index in [9.17, 15) is 0 Å². The van der Waals surface area contributed by atoms with Crippen LogP contribution >= 0.6 is 0 Å². The SMILES string of the molecule is Cc1cc(C2(NCC3CCNC(C)C3)CCOCC2)on1. The van der Waals surface area contributed by atoms with E-state index in [0.717, 1.165) is 56.5 Å². The molecule has 0 spiro atoms. The van der Waals surface area contributed by atoms with Gasteiger partial charge in [-0.25, -0.2) is 0 Å². The Kier molecular flexibility index (Phi) is 4.62. The molecule has 0 saturated carbocycles. The highest BCUT2D eigenvalue weighted by Gasteiger charge is 2.38. The molecule has 1 aromatic heterocycles. The molecule has 0 amide bonds. The highest BCUT2D eigenvalue weighted by atomic mass is 16.5. The van der Waals surface area contributed by atoms with Gasteiger partial charge in [-0.3, -0.25) is 0 Å². The summed E-state index contributed by atoms with van der Waals surface area (Å²) in [6, 6.07) is 2.70. The first kappa shape index (κ1) is 15.0. The summed E-state index contributed by atoms with van der Waals surface area (Å²) in [5.41, 5.74) is 0.862. The van der Waals surface area contributed by atoms with E-state index >= 15 is 0 Å². The van der Waals surface area contributed by atoms with Crippen molar-refractivity contribution in [3.63, 3.8) is 0 Å². The van der Waals surface area contributed by atoms with E-state index < -0.39 is 0 Å². The molecule has 3 rings (SSSR count). The number of rotatable bonds is 4. The van der Waals surface area contributed by atoms with Crippen molar-refractivity contribution < 1.29 is 9.26 Å². The Morgan fingerprint density at radius 3 is 2.90 bits per heavy atom. The second-order valence-corrected chi connectivity index (χ2v) is 6.65. The number of ether oxygens (including phenoxy) is 1. The number of nitrogens with one attached hydrogen (secondary N) is 2. The smallest absolute Gasteiger partial charge is 0.157 e. The van der Waals surface area contributed by atoms with Crippen molar-refractivity contribution in [3.8, 4) is 0 Å². The largest absolute Gasteiger partial charge is 0.381 e. The van der Waals surface area contributed by atoms with Crippen LogP contribution in [-0.2, 0) is 10.3 Å². The zero-order chi connectivity index (χ0) is 14.7. The van der Waals surface area contributed by atoms with Crippen LogP contribution in [0.2, 0.25) is 0 Å². The maximum atomic E-state index is 5.59. The van der Waals surface area contributed by atoms with Gasteiger partial charge in [-0.15, -0.1) is 0 Å². The van der Waals surface area contributed by atoms with Gasteiger partial charge in [-0.1, -0.05) is 5.16 Å². The van der Waals surface area contributed by atoms with Gasteiger partial charge in [0.1, 0.15) is 0 Å². The highest BCUT2D eigenvalue weighted by Crippen LogP contribution is 2.33. The average molecular weight is 293 g/mol. The lowest BCUT2D eigenvalue weighted by Crippen LogP contribution is -2.49. The van der Waals surface area contributed by atoms with Crippen molar-refractivity contribution in [3.05, 3.63) is 17.5 Å². The molecular weight excluding hydrogens is 266 g/mol. The molecule has 21 heavy (non-hydrogen) atoms. The normalized spacial score (nSPS) is 29.4. The Bertz CT molecular complexity index is 454. The number of hydrogen-bond acceptors (Lipinski definition) is 5. The summed E-state index contributed by atoms with van der Waals surface area (Å²) in [4.78, 5) is 0. The van der Waals surface area contributed by atoms with E-state index in [4.69, 9.17) is 9.26 Å². The molecule has 2 saturated heterocycles. The molecule has 5 nitrogen and oxygen atoms in total. The molecule has 5 heteroatoms. The van der Waals surface area contributed by atoms with Crippen molar-refractivity contribution in [1.82, 2.24) is 15.8 Å². The molecule has 0 aromatic carbocycles. The molecule has 1 aromatic rings. The third-order valence-corrected chi connectivity index (χ3v) is 4.91. The quantitative estimate of drug-likeness (QED) is 0.889. The second kappa shape index (κ2) is 6.46. The predicted molar refractivity (Wildman–Crippen MR) is 81.2 cm³/mol. The van der Waals surface area contributed by atoms with E-state index in [-0.39, 0.29) is 5.54 Å². The van der Waals surface area contributed by atoms with Crippen LogP contribution in [0, 0.1) is 12.8 Å². The molecule has 0 bridgehead atoms. The first-order chi connectivity index (χ1) is 10.2. The number of aryl methyl sites for hydroxylation is 1. The molecule has 2 aliphatic rings. The van der Waals surface area contributed by atoms with Crippen LogP contribution in [0.5, 0.6) is 0 Å². The maximum Gasteiger partial charge on any atom is 0.157 e. The molecule has 2 N–H and O–H groups in total. The lowest BCUT2D eigenvalue weighted by Gasteiger charge is -2.38. The van der Waals surface area contributed by atoms with Gasteiger partial charge in [-0.05, 0) is 58.5 Å². The van der Waals surface area contributed by atoms with E-state index in [1.165, 1.54) is 12.8 Å². The minimum absolute atomic E-state index is 0.0897. The molecule has 2 atom stereocenters. The first-order valence-corrected chi connectivity index (χ1v) is 8.18. The predicted octanol–water partition coefficient (Wildman–Crippen LogP) is 1.97. The molecular formula is C16H27N3O2. The number of aromatic nitrogens is 1. The molecule has 118 valence electrons. The maximum absolute atomic E-state index is 5.59. The fourth-order valence-corrected chi connectivity index (χ4v) is 3.58. The molecule has 3 heterocycles. The van der Waals surface area contributed by atoms with E-state index in [1.54, 1.807) is 0 Å². The Labute approximate surface area is 126 Å². The average Bonchev–Trinajstić information content (AvgIpc) is 2.94. The third kappa shape index (κ3) is 3.47. The summed E-state index contributed by atoms with van der Waals surface area (Å²) >= 11 is 0. The fourth-order valence-electron chi connectivity index (χ4n) is 3.58. The Morgan fingerprint density at radius 2 is 2.24 bits per heavy atom. The van der Waals surface area contributed by atoms with Gasteiger partial charge in [0, 0.05) is 25.3 Å². The van der Waals surface area contributed by atoms with Gasteiger partial charge < -0.3 is 19.9 Å². The van der Waals surface area contributed by atoms with Crippen LogP contribution in [0.3, 0.4) is 0 Å². The summed E-state index contributed by atoms with van der Waals surface area (Å²) in [7, 11) is 0. The highest BCUT2D eigenvalue weighted by molar-refractivity contribution is 5.15. The zero-order valence-corrected chi connectivity index (χ0v) is 13.2. The topological polar surface area (TPSA) is 59.3 Å². The van der Waals surface area contributed by atoms with Crippen LogP contribution in [0.15, 0.2) is 10.6 Å². The third-order valence-electron chi connectivity index (χ3n) is 4.91. The Balaban J connectivity index is 1.68. The molecule has 0 radical (unpaired) electrons. The standard InChI is InChI=1S/C16H27N3O2/c1-12-9-14(3-6-17-12)11-18-16(4-7-20-8-5-16)15-10-13(2)19-21-15/h10,12,14,17-18H,3-9,11H2,1-2H3. The summed E-state index contributed by atoms with van der Waals surface area (Å²) < 4.78 is 11.1. The van der Waals surface area contributed by atoms with E-state index in [1.807, 2.05) is 6.92 Å². The van der Waals surface area contributed by atoms with Crippen molar-refractivity contribution >= 4 is 0 Å². The summed E-state index contributed by atoms with van der Waals surface area (Å²) in [6.45, 7) is 8.01. The van der Waals surface area contributed by atoms with Gasteiger partial charge >= 0.3 is 0 Å². The zero-order valence-electron chi connectivity index (χ0n) is 13.2. The summed E-state index contributed by atoms with van der Waals surface area (Å²) in [5, 5.41) is 11.4. The monoisotopic (exact) mass is 293 g/mol. The molecule has 2 aliphatic heterocycles. The Hall–Kier alpha value is -0.910. The Morgan fingerprint density at radius 1 is 1.43 bits per heavy atom. The van der Waals surface area contributed by atoms with Crippen LogP contribution in [0.1, 0.15) is 44.1 Å². The van der Waals surface area contributed by atoms with Crippen molar-refractivity contribution in [2.24, 2.45) is 5.92 Å². The minimum Gasteiger partial charge on any atom is -0.381 e. The number of piperidine rings is 1. The van der Waals surface area contributed by atoms with Crippen LogP contribution in [-0.4, -0.2) is 37.5 Å². The molecule has 2 unspecified atom stereocenters. The molecule has 0 aliphatic carbocycles. The van der Waals surface area contributed by atoms with Gasteiger partial charge in [0.2, 0.25) is 0 Å². The molecule has 2 fully saturated rings. The summed E-state index contributed by atoms with van der Waals surface area (Å²) in [6.07, 6.45) is 4.42. The van der Waals surface area contributed by atoms with Crippen LogP contribution in [0.4, 0.5) is 0 Å². The van der Waals surface area contributed by atoms with Crippen molar-refractivity contribution in [2.45, 2.75) is 51.1 Å². The van der Waals surface area contributed by atoms with Crippen LogP contribution in [0.25, 0.3) is 0 Å². The van der Waals surface area contributed by atoms with Gasteiger partial charge in [0.15, 0.2) is 5.76 Å². The van der Waals surface area contributed by atoms with Gasteiger partial charge in [0.25, 0.3) is 0 Å². The van der Waals surface area contributed by atoms with Crippen molar-refractivity contribution in [2.75, 3.05) is 26.3 Å². The number of hydrogen-bond donors (Lipinski definition) is 2. The fraction of sp³-hybridized carbons (Fsp3) is 0.812. The van der Waals surface area contributed by atoms with Crippen LogP contribution < -0.4 is 10.6 Å². The second-order valence-electron chi connectivity index (χ2n) is 6.65. The minimum atomic E-state index is -0.0897. The van der Waals surface area contributed by atoms with Gasteiger partial charge in [0.05, 0.1) is 11.2 Å².